The van der Waals surface area contributed by atoms with E-state index in [-0.39, 0.29) is 30.4 Å². The summed E-state index contributed by atoms with van der Waals surface area (Å²) in [6.45, 7) is -0.941. The van der Waals surface area contributed by atoms with Gasteiger partial charge in [0.1, 0.15) is 5.82 Å². The van der Waals surface area contributed by atoms with Gasteiger partial charge in [-0.25, -0.2) is 4.39 Å². The number of fused-ring (bicyclic) bond motifs is 3. The van der Waals surface area contributed by atoms with Crippen molar-refractivity contribution in [1.82, 2.24) is 5.32 Å². The molecule has 3 nitrogen and oxygen atoms in total. The molecule has 2 aliphatic heterocycles. The molecule has 0 aliphatic carbocycles. The fourth-order valence-electron chi connectivity index (χ4n) is 4.30. The van der Waals surface area contributed by atoms with Crippen LogP contribution < -0.4 is 10.6 Å². The van der Waals surface area contributed by atoms with E-state index in [1.807, 2.05) is 36.4 Å². The van der Waals surface area contributed by atoms with Crippen molar-refractivity contribution in [2.75, 3.05) is 18.4 Å². The Balaban J connectivity index is 1.61. The van der Waals surface area contributed by atoms with Crippen molar-refractivity contribution < 1.29 is 22.3 Å². The predicted octanol–water partition coefficient (Wildman–Crippen LogP) is 5.74. The maximum absolute atomic E-state index is 14.7. The highest BCUT2D eigenvalue weighted by Crippen LogP contribution is 2.51. The molecule has 4 atom stereocenters. The zero-order valence-corrected chi connectivity index (χ0v) is 17.1. The van der Waals surface area contributed by atoms with Crippen LogP contribution in [-0.2, 0) is 4.74 Å². The first-order chi connectivity index (χ1) is 13.8. The van der Waals surface area contributed by atoms with E-state index in [4.69, 9.17) is 4.74 Å². The average molecular weight is 473 g/mol. The molecule has 0 aromatic heterocycles. The first-order valence-electron chi connectivity index (χ1n) is 9.55. The zero-order chi connectivity index (χ0) is 20.6. The monoisotopic (exact) mass is 472 g/mol. The number of hydrogen-bond donors (Lipinski definition) is 2. The quantitative estimate of drug-likeness (QED) is 0.556. The molecule has 2 heterocycles. The van der Waals surface area contributed by atoms with Gasteiger partial charge in [0.15, 0.2) is 0 Å². The van der Waals surface area contributed by atoms with Crippen LogP contribution in [0.25, 0.3) is 0 Å². The third-order valence-electron chi connectivity index (χ3n) is 5.53. The van der Waals surface area contributed by atoms with Gasteiger partial charge < -0.3 is 15.4 Å². The van der Waals surface area contributed by atoms with Crippen molar-refractivity contribution in [2.24, 2.45) is 5.92 Å². The number of alkyl halides is 3. The van der Waals surface area contributed by atoms with Gasteiger partial charge in [0, 0.05) is 22.5 Å². The largest absolute Gasteiger partial charge is 0.401 e. The van der Waals surface area contributed by atoms with Gasteiger partial charge in [-0.05, 0) is 30.5 Å². The Labute approximate surface area is 175 Å². The number of benzene rings is 2. The first-order valence-corrected chi connectivity index (χ1v) is 10.3. The molecule has 2 aromatic carbocycles. The SMILES string of the molecule is Fc1cc(Br)cc2c1N[C@@H](c1ccccc1)[C@@H]1CC[C@H](CNCC(F)(F)F)O[C@H]21. The van der Waals surface area contributed by atoms with E-state index in [1.165, 1.54) is 6.07 Å². The van der Waals surface area contributed by atoms with Gasteiger partial charge in [0.2, 0.25) is 0 Å². The molecule has 156 valence electrons. The number of anilines is 1. The van der Waals surface area contributed by atoms with Gasteiger partial charge in [-0.1, -0.05) is 46.3 Å². The normalized spacial score (nSPS) is 26.4. The lowest BCUT2D eigenvalue weighted by atomic mass is 9.76. The van der Waals surface area contributed by atoms with Crippen LogP contribution in [0.4, 0.5) is 23.2 Å². The highest BCUT2D eigenvalue weighted by molar-refractivity contribution is 9.10. The van der Waals surface area contributed by atoms with Crippen LogP contribution in [0.2, 0.25) is 0 Å². The van der Waals surface area contributed by atoms with E-state index in [0.29, 0.717) is 22.1 Å². The molecular formula is C21H21BrF4N2O. The average Bonchev–Trinajstić information content (AvgIpc) is 2.67. The molecule has 4 rings (SSSR count). The summed E-state index contributed by atoms with van der Waals surface area (Å²) in [5.41, 5.74) is 2.13. The van der Waals surface area contributed by atoms with Gasteiger partial charge in [-0.15, -0.1) is 0 Å². The molecule has 0 unspecified atom stereocenters. The molecule has 1 saturated heterocycles. The number of hydrogen-bond acceptors (Lipinski definition) is 3. The van der Waals surface area contributed by atoms with E-state index < -0.39 is 18.8 Å². The second-order valence-electron chi connectivity index (χ2n) is 7.55. The molecule has 8 heteroatoms. The maximum Gasteiger partial charge on any atom is 0.401 e. The second-order valence-corrected chi connectivity index (χ2v) is 8.47. The minimum absolute atomic E-state index is 0.0532. The lowest BCUT2D eigenvalue weighted by molar-refractivity contribution is -0.130. The summed E-state index contributed by atoms with van der Waals surface area (Å²) in [5, 5.41) is 5.78. The minimum atomic E-state index is -4.26. The van der Waals surface area contributed by atoms with E-state index >= 15 is 0 Å². The zero-order valence-electron chi connectivity index (χ0n) is 15.5. The molecule has 1 fully saturated rings. The molecule has 2 aromatic rings. The summed E-state index contributed by atoms with van der Waals surface area (Å²) >= 11 is 3.34. The van der Waals surface area contributed by atoms with Crippen LogP contribution in [0.3, 0.4) is 0 Å². The summed E-state index contributed by atoms with van der Waals surface area (Å²) in [6.07, 6.45) is -3.60. The molecule has 0 radical (unpaired) electrons. The summed E-state index contributed by atoms with van der Waals surface area (Å²) in [7, 11) is 0. The predicted molar refractivity (Wildman–Crippen MR) is 106 cm³/mol. The van der Waals surface area contributed by atoms with Crippen LogP contribution in [-0.4, -0.2) is 25.4 Å². The summed E-state index contributed by atoms with van der Waals surface area (Å²) in [6, 6.07) is 12.9. The van der Waals surface area contributed by atoms with Crippen molar-refractivity contribution in [3.05, 3.63) is 63.9 Å². The lowest BCUT2D eigenvalue weighted by Gasteiger charge is -2.46. The van der Waals surface area contributed by atoms with Crippen LogP contribution in [0, 0.1) is 11.7 Å². The molecule has 0 spiro atoms. The summed E-state index contributed by atoms with van der Waals surface area (Å²) < 4.78 is 58.9. The van der Waals surface area contributed by atoms with E-state index in [9.17, 15) is 17.6 Å². The van der Waals surface area contributed by atoms with Crippen LogP contribution in [0.1, 0.15) is 36.1 Å². The third kappa shape index (κ3) is 4.59. The fourth-order valence-corrected chi connectivity index (χ4v) is 4.75. The first kappa shape index (κ1) is 20.6. The molecule has 2 aliphatic rings. The van der Waals surface area contributed by atoms with Crippen molar-refractivity contribution in [1.29, 1.82) is 0 Å². The van der Waals surface area contributed by atoms with Crippen molar-refractivity contribution in [2.45, 2.75) is 37.3 Å². The highest BCUT2D eigenvalue weighted by Gasteiger charge is 2.43. The topological polar surface area (TPSA) is 33.3 Å². The molecule has 0 amide bonds. The highest BCUT2D eigenvalue weighted by atomic mass is 79.9. The Morgan fingerprint density at radius 1 is 1.14 bits per heavy atom. The van der Waals surface area contributed by atoms with Crippen molar-refractivity contribution in [3.8, 4) is 0 Å². The van der Waals surface area contributed by atoms with Gasteiger partial charge in [0.05, 0.1) is 30.5 Å². The number of ether oxygens (including phenoxy) is 1. The molecule has 29 heavy (non-hydrogen) atoms. The molecular weight excluding hydrogens is 452 g/mol. The molecule has 0 bridgehead atoms. The standard InChI is InChI=1S/C21H21BrF4N2O/c22-13-8-16-19(17(23)9-13)28-18(12-4-2-1-3-5-12)15-7-6-14(29-20(15)16)10-27-11-21(24,25)26/h1-5,8-9,14-15,18,20,27-28H,6-7,10-11H2/t14-,15+,18+,20+/m1/s1. The number of nitrogens with one attached hydrogen (secondary N) is 2. The number of rotatable bonds is 4. The number of halogens is 5. The fraction of sp³-hybridized carbons (Fsp3) is 0.429. The van der Waals surface area contributed by atoms with E-state index in [2.05, 4.69) is 26.6 Å². The Morgan fingerprint density at radius 3 is 2.62 bits per heavy atom. The molecule has 2 N–H and O–H groups in total. The van der Waals surface area contributed by atoms with E-state index in [0.717, 1.165) is 12.0 Å². The smallest absolute Gasteiger partial charge is 0.375 e. The Hall–Kier alpha value is -1.64. The van der Waals surface area contributed by atoms with Gasteiger partial charge in [-0.3, -0.25) is 0 Å². The lowest BCUT2D eigenvalue weighted by Crippen LogP contribution is -2.43. The van der Waals surface area contributed by atoms with Crippen LogP contribution >= 0.6 is 15.9 Å². The third-order valence-corrected chi connectivity index (χ3v) is 5.98. The van der Waals surface area contributed by atoms with Crippen LogP contribution in [0.5, 0.6) is 0 Å². The van der Waals surface area contributed by atoms with Gasteiger partial charge in [-0.2, -0.15) is 13.2 Å². The van der Waals surface area contributed by atoms with E-state index in [1.54, 1.807) is 0 Å². The Morgan fingerprint density at radius 2 is 1.90 bits per heavy atom. The maximum atomic E-state index is 14.7. The summed E-state index contributed by atoms with van der Waals surface area (Å²) in [5.74, 6) is -0.327. The molecule has 0 saturated carbocycles. The van der Waals surface area contributed by atoms with Gasteiger partial charge >= 0.3 is 6.18 Å². The second kappa shape index (κ2) is 8.24. The van der Waals surface area contributed by atoms with Gasteiger partial charge in [0.25, 0.3) is 0 Å². The minimum Gasteiger partial charge on any atom is -0.375 e. The van der Waals surface area contributed by atoms with Crippen molar-refractivity contribution in [3.63, 3.8) is 0 Å². The Bertz CT molecular complexity index is 862. The Kier molecular flexibility index (Phi) is 5.86. The van der Waals surface area contributed by atoms with Crippen LogP contribution in [0.15, 0.2) is 46.9 Å². The van der Waals surface area contributed by atoms with Crippen molar-refractivity contribution >= 4 is 21.6 Å². The summed E-state index contributed by atoms with van der Waals surface area (Å²) in [4.78, 5) is 0.